The molecule has 0 unspecified atom stereocenters. The van der Waals surface area contributed by atoms with Crippen LogP contribution in [0, 0.1) is 0 Å². The second-order valence-corrected chi connectivity index (χ2v) is 2.59. The summed E-state index contributed by atoms with van der Waals surface area (Å²) in [5, 5.41) is 12.2. The Morgan fingerprint density at radius 3 is 2.50 bits per heavy atom. The van der Waals surface area contributed by atoms with Crippen molar-refractivity contribution in [2.75, 3.05) is 0 Å². The van der Waals surface area contributed by atoms with Crippen molar-refractivity contribution in [2.24, 2.45) is 0 Å². The van der Waals surface area contributed by atoms with Gasteiger partial charge in [0.2, 0.25) is 0 Å². The fraction of sp³-hybridized carbons (Fsp3) is 0.500. The van der Waals surface area contributed by atoms with Crippen LogP contribution >= 0.6 is 0 Å². The van der Waals surface area contributed by atoms with Gasteiger partial charge in [-0.15, -0.1) is 10.2 Å². The molecular weight excluding hydrogens is 180 g/mol. The number of aromatic nitrogens is 6. The molecule has 0 fully saturated rings. The molecule has 0 atom stereocenters. The Morgan fingerprint density at radius 1 is 1.29 bits per heavy atom. The average Bonchev–Trinajstić information content (AvgIpc) is 2.91. The van der Waals surface area contributed by atoms with Crippen molar-refractivity contribution < 1.29 is 0 Å². The zero-order valence-electron chi connectivity index (χ0n) is 8.36. The lowest BCUT2D eigenvalue weighted by Crippen LogP contribution is -1.87. The summed E-state index contributed by atoms with van der Waals surface area (Å²) in [7, 11) is 0. The van der Waals surface area contributed by atoms with Gasteiger partial charge in [0.15, 0.2) is 6.33 Å². The molecule has 14 heavy (non-hydrogen) atoms. The zero-order valence-corrected chi connectivity index (χ0v) is 8.36. The van der Waals surface area contributed by atoms with E-state index in [1.165, 1.54) is 17.7 Å². The van der Waals surface area contributed by atoms with E-state index < -0.39 is 0 Å². The topological polar surface area (TPSA) is 83.1 Å². The predicted molar refractivity (Wildman–Crippen MR) is 51.5 cm³/mol. The molecule has 0 aliphatic carbocycles. The largest absolute Gasteiger partial charge is 0.348 e. The lowest BCUT2D eigenvalue weighted by Gasteiger charge is -1.91. The number of imidazole rings is 1. The summed E-state index contributed by atoms with van der Waals surface area (Å²) in [6.07, 6.45) is 5.19. The van der Waals surface area contributed by atoms with Crippen LogP contribution in [0.1, 0.15) is 25.2 Å². The molecule has 0 amide bonds. The van der Waals surface area contributed by atoms with Crippen LogP contribution in [0.2, 0.25) is 0 Å². The first kappa shape index (κ1) is 10.4. The van der Waals surface area contributed by atoms with Crippen molar-refractivity contribution >= 4 is 0 Å². The minimum absolute atomic E-state index is 1.03. The number of hydrogen-bond acceptors (Lipinski definition) is 4. The maximum atomic E-state index is 4.15. The van der Waals surface area contributed by atoms with E-state index in [4.69, 9.17) is 0 Å². The second-order valence-electron chi connectivity index (χ2n) is 2.59. The molecule has 2 aromatic rings. The Morgan fingerprint density at radius 2 is 2.14 bits per heavy atom. The van der Waals surface area contributed by atoms with E-state index in [9.17, 15) is 0 Å². The van der Waals surface area contributed by atoms with Crippen molar-refractivity contribution in [3.8, 4) is 0 Å². The summed E-state index contributed by atoms with van der Waals surface area (Å²) < 4.78 is 0. The summed E-state index contributed by atoms with van der Waals surface area (Å²) in [5.41, 5.74) is 2.48. The smallest absolute Gasteiger partial charge is 0.161 e. The van der Waals surface area contributed by atoms with Gasteiger partial charge in [-0.1, -0.05) is 19.1 Å². The Labute approximate surface area is 82.2 Å². The highest BCUT2D eigenvalue weighted by Gasteiger charge is 1.97. The second kappa shape index (κ2) is 5.85. The highest BCUT2D eigenvalue weighted by atomic mass is 15.5. The number of hydrogen-bond donors (Lipinski definition) is 2. The van der Waals surface area contributed by atoms with Crippen LogP contribution in [0.25, 0.3) is 0 Å². The van der Waals surface area contributed by atoms with Crippen molar-refractivity contribution in [1.29, 1.82) is 0 Å². The van der Waals surface area contributed by atoms with Gasteiger partial charge in [0, 0.05) is 5.69 Å². The van der Waals surface area contributed by atoms with Crippen LogP contribution in [0.5, 0.6) is 0 Å². The van der Waals surface area contributed by atoms with Crippen LogP contribution in [-0.2, 0) is 12.8 Å². The molecule has 0 aromatic carbocycles. The summed E-state index contributed by atoms with van der Waals surface area (Å²) >= 11 is 0. The van der Waals surface area contributed by atoms with Gasteiger partial charge in [-0.25, -0.2) is 4.98 Å². The molecule has 76 valence electrons. The van der Waals surface area contributed by atoms with Gasteiger partial charge in [-0.3, -0.25) is 0 Å². The number of H-pyrrole nitrogens is 2. The average molecular weight is 194 g/mol. The molecule has 0 saturated carbocycles. The number of nitrogens with zero attached hydrogens (tertiary/aromatic N) is 4. The summed E-state index contributed by atoms with van der Waals surface area (Å²) in [5.74, 6) is 0. The summed E-state index contributed by atoms with van der Waals surface area (Å²) in [4.78, 5) is 7.25. The molecule has 0 radical (unpaired) electrons. The monoisotopic (exact) mass is 194 g/mol. The van der Waals surface area contributed by atoms with Crippen LogP contribution in [0.3, 0.4) is 0 Å². The SMILES string of the molecule is CCc1nc[nH]c1CC.c1nn[nH]n1. The molecule has 2 N–H and O–H groups in total. The molecule has 0 bridgehead atoms. The van der Waals surface area contributed by atoms with Crippen LogP contribution in [0.15, 0.2) is 12.7 Å². The maximum Gasteiger partial charge on any atom is 0.161 e. The minimum Gasteiger partial charge on any atom is -0.348 e. The Balaban J connectivity index is 0.000000165. The third-order valence-corrected chi connectivity index (χ3v) is 1.77. The van der Waals surface area contributed by atoms with E-state index >= 15 is 0 Å². The predicted octanol–water partition coefficient (Wildman–Crippen LogP) is 0.734. The van der Waals surface area contributed by atoms with Gasteiger partial charge < -0.3 is 4.98 Å². The molecule has 0 saturated heterocycles. The van der Waals surface area contributed by atoms with Crippen LogP contribution in [-0.4, -0.2) is 30.6 Å². The fourth-order valence-corrected chi connectivity index (χ4v) is 1.09. The molecule has 0 aliphatic heterocycles. The van der Waals surface area contributed by atoms with Gasteiger partial charge in [0.1, 0.15) is 0 Å². The van der Waals surface area contributed by atoms with E-state index in [1.54, 1.807) is 6.33 Å². The molecule has 6 nitrogen and oxygen atoms in total. The van der Waals surface area contributed by atoms with Gasteiger partial charge in [0.05, 0.1) is 12.0 Å². The van der Waals surface area contributed by atoms with Crippen molar-refractivity contribution in [1.82, 2.24) is 30.6 Å². The normalized spacial score (nSPS) is 9.29. The first-order valence-corrected chi connectivity index (χ1v) is 4.56. The van der Waals surface area contributed by atoms with Crippen LogP contribution in [0.4, 0.5) is 0 Å². The Kier molecular flexibility index (Phi) is 4.33. The molecule has 0 aliphatic rings. The number of aromatic amines is 2. The molecular formula is C8H14N6. The van der Waals surface area contributed by atoms with E-state index in [2.05, 4.69) is 44.4 Å². The van der Waals surface area contributed by atoms with E-state index in [0.717, 1.165) is 12.8 Å². The highest BCUT2D eigenvalue weighted by molar-refractivity contribution is 5.09. The van der Waals surface area contributed by atoms with E-state index in [1.807, 2.05) is 0 Å². The first-order valence-electron chi connectivity index (χ1n) is 4.56. The third kappa shape index (κ3) is 2.96. The number of rotatable bonds is 2. The number of tetrazole rings is 1. The fourth-order valence-electron chi connectivity index (χ4n) is 1.09. The highest BCUT2D eigenvalue weighted by Crippen LogP contribution is 2.02. The molecule has 2 aromatic heterocycles. The number of aryl methyl sites for hydroxylation is 2. The maximum absolute atomic E-state index is 4.15. The molecule has 2 heterocycles. The van der Waals surface area contributed by atoms with Crippen molar-refractivity contribution in [3.63, 3.8) is 0 Å². The third-order valence-electron chi connectivity index (χ3n) is 1.77. The number of nitrogens with one attached hydrogen (secondary N) is 2. The minimum atomic E-state index is 1.03. The van der Waals surface area contributed by atoms with Crippen molar-refractivity contribution in [2.45, 2.75) is 26.7 Å². The zero-order chi connectivity index (χ0) is 10.2. The summed E-state index contributed by atoms with van der Waals surface area (Å²) in [6, 6.07) is 0. The molecule has 2 rings (SSSR count). The van der Waals surface area contributed by atoms with Gasteiger partial charge in [0.25, 0.3) is 0 Å². The van der Waals surface area contributed by atoms with E-state index in [-0.39, 0.29) is 0 Å². The van der Waals surface area contributed by atoms with Gasteiger partial charge in [-0.2, -0.15) is 5.21 Å². The first-order chi connectivity index (χ1) is 6.88. The quantitative estimate of drug-likeness (QED) is 0.738. The van der Waals surface area contributed by atoms with Crippen LogP contribution < -0.4 is 0 Å². The molecule has 6 heteroatoms. The molecule has 0 spiro atoms. The standard InChI is InChI=1S/C7H12N2.CH2N4/c1-3-6-7(4-2)9-5-8-6;1-2-4-5-3-1/h5H,3-4H2,1-2H3,(H,8,9);1H,(H,2,3,4,5). The van der Waals surface area contributed by atoms with Gasteiger partial charge in [-0.05, 0) is 12.8 Å². The summed E-state index contributed by atoms with van der Waals surface area (Å²) in [6.45, 7) is 4.25. The van der Waals surface area contributed by atoms with Gasteiger partial charge >= 0.3 is 0 Å². The Hall–Kier alpha value is -1.72. The lowest BCUT2D eigenvalue weighted by molar-refractivity contribution is 0.881. The van der Waals surface area contributed by atoms with Crippen molar-refractivity contribution in [3.05, 3.63) is 24.0 Å². The Bertz CT molecular complexity index is 290. The van der Waals surface area contributed by atoms with E-state index in [0.29, 0.717) is 0 Å². The lowest BCUT2D eigenvalue weighted by atomic mass is 10.2.